The number of anilines is 2. The minimum absolute atomic E-state index is 0.0305. The second-order valence-electron chi connectivity index (χ2n) is 7.24. The van der Waals surface area contributed by atoms with Crippen molar-refractivity contribution in [2.24, 2.45) is 0 Å². The van der Waals surface area contributed by atoms with Gasteiger partial charge in [-0.15, -0.1) is 0 Å². The molecule has 0 radical (unpaired) electrons. The maximum Gasteiger partial charge on any atom is 0.273 e. The van der Waals surface area contributed by atoms with E-state index in [0.29, 0.717) is 35.7 Å². The Morgan fingerprint density at radius 1 is 1.14 bits per heavy atom. The molecule has 1 aromatic heterocycles. The first-order chi connectivity index (χ1) is 14.0. The van der Waals surface area contributed by atoms with Gasteiger partial charge >= 0.3 is 0 Å². The van der Waals surface area contributed by atoms with E-state index in [0.717, 1.165) is 28.1 Å². The Kier molecular flexibility index (Phi) is 5.32. The number of aryl methyl sites for hydroxylation is 1. The summed E-state index contributed by atoms with van der Waals surface area (Å²) in [5.74, 6) is 1.42. The lowest BCUT2D eigenvalue weighted by Crippen LogP contribution is -2.37. The normalized spacial score (nSPS) is 13.4. The van der Waals surface area contributed by atoms with Gasteiger partial charge in [-0.1, -0.05) is 36.4 Å². The summed E-state index contributed by atoms with van der Waals surface area (Å²) in [5, 5.41) is 8.02. The van der Waals surface area contributed by atoms with E-state index in [2.05, 4.69) is 26.3 Å². The Labute approximate surface area is 178 Å². The number of hydrogen-bond donors (Lipinski definition) is 1. The van der Waals surface area contributed by atoms with E-state index in [1.54, 1.807) is 16.6 Å². The number of nitrogens with zero attached hydrogens (tertiary/aromatic N) is 3. The molecular weight excluding hydrogens is 432 g/mol. The summed E-state index contributed by atoms with van der Waals surface area (Å²) in [6, 6.07) is 14.1. The summed E-state index contributed by atoms with van der Waals surface area (Å²) in [6.07, 6.45) is 0. The van der Waals surface area contributed by atoms with Crippen molar-refractivity contribution in [3.63, 3.8) is 0 Å². The van der Waals surface area contributed by atoms with Crippen LogP contribution in [0.15, 0.2) is 46.9 Å². The molecule has 0 fully saturated rings. The van der Waals surface area contributed by atoms with Crippen LogP contribution < -0.4 is 10.1 Å². The van der Waals surface area contributed by atoms with Crippen LogP contribution in [-0.4, -0.2) is 34.2 Å². The predicted octanol–water partition coefficient (Wildman–Crippen LogP) is 4.67. The zero-order chi connectivity index (χ0) is 20.5. The third kappa shape index (κ3) is 3.74. The third-order valence-corrected chi connectivity index (χ3v) is 5.95. The summed E-state index contributed by atoms with van der Waals surface area (Å²) in [5.41, 5.74) is 4.72. The SMILES string of the molecule is Cc1ccc(OCc2ccccc2)c(C)c1Nc1nn2c(c1Br)C(=O)N(C)CC2. The fourth-order valence-corrected chi connectivity index (χ4v) is 4.00. The third-order valence-electron chi connectivity index (χ3n) is 5.20. The van der Waals surface area contributed by atoms with Crippen molar-refractivity contribution in [3.8, 4) is 5.75 Å². The molecule has 4 rings (SSSR count). The summed E-state index contributed by atoms with van der Waals surface area (Å²) in [4.78, 5) is 14.2. The molecule has 0 atom stereocenters. The van der Waals surface area contributed by atoms with Crippen LogP contribution in [0.5, 0.6) is 5.75 Å². The zero-order valence-electron chi connectivity index (χ0n) is 16.7. The van der Waals surface area contributed by atoms with E-state index < -0.39 is 0 Å². The van der Waals surface area contributed by atoms with Crippen LogP contribution in [0.25, 0.3) is 0 Å². The van der Waals surface area contributed by atoms with E-state index in [9.17, 15) is 4.79 Å². The minimum Gasteiger partial charge on any atom is -0.489 e. The van der Waals surface area contributed by atoms with Crippen molar-refractivity contribution in [1.82, 2.24) is 14.7 Å². The van der Waals surface area contributed by atoms with Gasteiger partial charge in [-0.2, -0.15) is 5.10 Å². The summed E-state index contributed by atoms with van der Waals surface area (Å²) in [7, 11) is 1.81. The van der Waals surface area contributed by atoms with Gasteiger partial charge in [0, 0.05) is 24.8 Å². The van der Waals surface area contributed by atoms with E-state index in [-0.39, 0.29) is 5.91 Å². The maximum absolute atomic E-state index is 12.5. The average Bonchev–Trinajstić information content (AvgIpc) is 3.04. The Balaban J connectivity index is 1.61. The first-order valence-electron chi connectivity index (χ1n) is 9.51. The number of benzene rings is 2. The van der Waals surface area contributed by atoms with E-state index in [4.69, 9.17) is 4.74 Å². The van der Waals surface area contributed by atoms with Gasteiger partial charge in [0.15, 0.2) is 5.82 Å². The molecule has 0 spiro atoms. The number of carbonyl (C=O) groups is 1. The Bertz CT molecular complexity index is 1060. The van der Waals surface area contributed by atoms with Crippen LogP contribution in [0.2, 0.25) is 0 Å². The second-order valence-corrected chi connectivity index (χ2v) is 8.03. The highest BCUT2D eigenvalue weighted by Crippen LogP contribution is 2.36. The van der Waals surface area contributed by atoms with Crippen LogP contribution in [0.3, 0.4) is 0 Å². The van der Waals surface area contributed by atoms with Gasteiger partial charge in [0.05, 0.1) is 11.0 Å². The smallest absolute Gasteiger partial charge is 0.273 e. The van der Waals surface area contributed by atoms with Crippen LogP contribution in [0, 0.1) is 13.8 Å². The Morgan fingerprint density at radius 3 is 2.66 bits per heavy atom. The van der Waals surface area contributed by atoms with Crippen LogP contribution in [-0.2, 0) is 13.2 Å². The summed E-state index contributed by atoms with van der Waals surface area (Å²) >= 11 is 3.57. The molecule has 3 aromatic rings. The van der Waals surface area contributed by atoms with Crippen molar-refractivity contribution in [1.29, 1.82) is 0 Å². The highest BCUT2D eigenvalue weighted by Gasteiger charge is 2.28. The van der Waals surface area contributed by atoms with Crippen molar-refractivity contribution in [2.75, 3.05) is 18.9 Å². The standard InChI is InChI=1S/C22H23BrN4O2/c1-14-9-10-17(29-13-16-7-5-4-6-8-16)15(2)19(14)24-21-18(23)20-22(28)26(3)11-12-27(20)25-21/h4-10H,11-13H2,1-3H3,(H,24,25). The minimum atomic E-state index is -0.0305. The fourth-order valence-electron chi connectivity index (χ4n) is 3.44. The van der Waals surface area contributed by atoms with Gasteiger partial charge in [-0.25, -0.2) is 0 Å². The number of fused-ring (bicyclic) bond motifs is 1. The fraction of sp³-hybridized carbons (Fsp3) is 0.273. The van der Waals surface area contributed by atoms with Crippen LogP contribution in [0.1, 0.15) is 27.2 Å². The number of halogens is 1. The van der Waals surface area contributed by atoms with Crippen molar-refractivity contribution in [3.05, 3.63) is 69.3 Å². The molecule has 6 nitrogen and oxygen atoms in total. The van der Waals surface area contributed by atoms with Gasteiger partial charge in [0.1, 0.15) is 18.1 Å². The molecule has 7 heteroatoms. The van der Waals surface area contributed by atoms with Crippen LogP contribution in [0.4, 0.5) is 11.5 Å². The Hall–Kier alpha value is -2.80. The number of hydrogen-bond acceptors (Lipinski definition) is 4. The molecule has 0 saturated carbocycles. The molecule has 0 bridgehead atoms. The number of amides is 1. The lowest BCUT2D eigenvalue weighted by Gasteiger charge is -2.23. The number of ether oxygens (including phenoxy) is 1. The number of likely N-dealkylation sites (N-methyl/N-ethyl adjacent to an activating group) is 1. The highest BCUT2D eigenvalue weighted by molar-refractivity contribution is 9.10. The second kappa shape index (κ2) is 7.91. The van der Waals surface area contributed by atoms with E-state index >= 15 is 0 Å². The maximum atomic E-state index is 12.5. The molecule has 1 aliphatic heterocycles. The molecule has 2 aromatic carbocycles. The largest absolute Gasteiger partial charge is 0.489 e. The molecule has 29 heavy (non-hydrogen) atoms. The van der Waals surface area contributed by atoms with Crippen molar-refractivity contribution >= 4 is 33.3 Å². The monoisotopic (exact) mass is 454 g/mol. The molecule has 150 valence electrons. The number of carbonyl (C=O) groups excluding carboxylic acids is 1. The summed E-state index contributed by atoms with van der Waals surface area (Å²) in [6.45, 7) is 5.90. The molecule has 0 unspecified atom stereocenters. The first kappa shape index (κ1) is 19.5. The molecular formula is C22H23BrN4O2. The zero-order valence-corrected chi connectivity index (χ0v) is 18.3. The van der Waals surface area contributed by atoms with Gasteiger partial charge < -0.3 is 15.0 Å². The molecule has 1 amide bonds. The first-order valence-corrected chi connectivity index (χ1v) is 10.3. The van der Waals surface area contributed by atoms with E-state index in [1.165, 1.54) is 0 Å². The molecule has 1 N–H and O–H groups in total. The lowest BCUT2D eigenvalue weighted by atomic mass is 10.1. The molecule has 2 heterocycles. The molecule has 0 aliphatic carbocycles. The lowest BCUT2D eigenvalue weighted by molar-refractivity contribution is 0.0741. The van der Waals surface area contributed by atoms with Gasteiger partial charge in [-0.3, -0.25) is 9.48 Å². The predicted molar refractivity (Wildman–Crippen MR) is 117 cm³/mol. The Morgan fingerprint density at radius 2 is 1.90 bits per heavy atom. The average molecular weight is 455 g/mol. The highest BCUT2D eigenvalue weighted by atomic mass is 79.9. The summed E-state index contributed by atoms with van der Waals surface area (Å²) < 4.78 is 8.50. The molecule has 0 saturated heterocycles. The molecule has 1 aliphatic rings. The number of aromatic nitrogens is 2. The topological polar surface area (TPSA) is 59.4 Å². The number of nitrogens with one attached hydrogen (secondary N) is 1. The van der Waals surface area contributed by atoms with Crippen LogP contribution >= 0.6 is 15.9 Å². The van der Waals surface area contributed by atoms with Crippen molar-refractivity contribution < 1.29 is 9.53 Å². The quantitative estimate of drug-likeness (QED) is 0.608. The number of rotatable bonds is 5. The van der Waals surface area contributed by atoms with Gasteiger partial charge in [0.25, 0.3) is 5.91 Å². The van der Waals surface area contributed by atoms with Crippen molar-refractivity contribution in [2.45, 2.75) is 27.0 Å². The van der Waals surface area contributed by atoms with Gasteiger partial charge in [-0.05, 0) is 47.0 Å². The van der Waals surface area contributed by atoms with Gasteiger partial charge in [0.2, 0.25) is 0 Å². The van der Waals surface area contributed by atoms with E-state index in [1.807, 2.05) is 56.3 Å².